The third kappa shape index (κ3) is 6.89. The number of amides is 1. The van der Waals surface area contributed by atoms with Crippen molar-refractivity contribution in [1.82, 2.24) is 4.90 Å². The van der Waals surface area contributed by atoms with Gasteiger partial charge in [-0.3, -0.25) is 9.52 Å². The standard InChI is InChI=1S/C23H33N3O4S/c1-6-14-26(23(27)18-8-11-21(30-5)12-9-18)17-19-16-20(10-13-22(19)25(3)4)24-31(28,29)15-7-2/h8-13,16,24H,6-7,14-15,17H2,1-5H3. The van der Waals surface area contributed by atoms with E-state index in [1.165, 1.54) is 0 Å². The number of benzene rings is 2. The van der Waals surface area contributed by atoms with Crippen LogP contribution in [0.1, 0.15) is 42.6 Å². The minimum atomic E-state index is -3.40. The molecule has 0 spiro atoms. The Labute approximate surface area is 186 Å². The fraction of sp³-hybridized carbons (Fsp3) is 0.435. The van der Waals surface area contributed by atoms with Gasteiger partial charge in [0.05, 0.1) is 12.9 Å². The summed E-state index contributed by atoms with van der Waals surface area (Å²) in [4.78, 5) is 16.9. The second-order valence-electron chi connectivity index (χ2n) is 7.61. The van der Waals surface area contributed by atoms with Gasteiger partial charge in [-0.05, 0) is 60.9 Å². The molecule has 1 amide bonds. The summed E-state index contributed by atoms with van der Waals surface area (Å²) in [7, 11) is 2.04. The Bertz CT molecular complexity index is 973. The van der Waals surface area contributed by atoms with Crippen molar-refractivity contribution >= 4 is 27.3 Å². The molecule has 0 aliphatic rings. The van der Waals surface area contributed by atoms with Gasteiger partial charge in [-0.1, -0.05) is 13.8 Å². The molecule has 0 aliphatic carbocycles. The van der Waals surface area contributed by atoms with Crippen LogP contribution in [-0.4, -0.2) is 52.7 Å². The first-order chi connectivity index (χ1) is 14.7. The fourth-order valence-electron chi connectivity index (χ4n) is 3.36. The van der Waals surface area contributed by atoms with Crippen molar-refractivity contribution in [3.63, 3.8) is 0 Å². The van der Waals surface area contributed by atoms with E-state index in [2.05, 4.69) is 4.72 Å². The fourth-order valence-corrected chi connectivity index (χ4v) is 4.48. The summed E-state index contributed by atoms with van der Waals surface area (Å²) in [6.45, 7) is 4.81. The van der Waals surface area contributed by atoms with Crippen molar-refractivity contribution < 1.29 is 17.9 Å². The zero-order valence-corrected chi connectivity index (χ0v) is 19.8. The lowest BCUT2D eigenvalue weighted by atomic mass is 10.1. The van der Waals surface area contributed by atoms with Crippen LogP contribution in [0.3, 0.4) is 0 Å². The van der Waals surface area contributed by atoms with Crippen LogP contribution in [0.15, 0.2) is 42.5 Å². The first kappa shape index (κ1) is 24.5. The maximum atomic E-state index is 13.2. The molecule has 0 heterocycles. The first-order valence-electron chi connectivity index (χ1n) is 10.4. The van der Waals surface area contributed by atoms with E-state index in [-0.39, 0.29) is 11.7 Å². The molecule has 0 radical (unpaired) electrons. The monoisotopic (exact) mass is 447 g/mol. The van der Waals surface area contributed by atoms with Crippen LogP contribution < -0.4 is 14.4 Å². The van der Waals surface area contributed by atoms with Crippen LogP contribution in [0.4, 0.5) is 11.4 Å². The molecule has 2 aromatic rings. The molecule has 0 aromatic heterocycles. The van der Waals surface area contributed by atoms with E-state index in [9.17, 15) is 13.2 Å². The molecule has 1 N–H and O–H groups in total. The molecular formula is C23H33N3O4S. The summed E-state index contributed by atoms with van der Waals surface area (Å²) in [5, 5.41) is 0. The number of methoxy groups -OCH3 is 1. The van der Waals surface area contributed by atoms with Crippen molar-refractivity contribution in [2.45, 2.75) is 33.2 Å². The van der Waals surface area contributed by atoms with E-state index < -0.39 is 10.0 Å². The smallest absolute Gasteiger partial charge is 0.254 e. The topological polar surface area (TPSA) is 79.0 Å². The molecule has 0 saturated heterocycles. The second-order valence-corrected chi connectivity index (χ2v) is 9.46. The van der Waals surface area contributed by atoms with Crippen molar-refractivity contribution in [3.05, 3.63) is 53.6 Å². The molecular weight excluding hydrogens is 414 g/mol. The van der Waals surface area contributed by atoms with Crippen LogP contribution in [0.25, 0.3) is 0 Å². The Morgan fingerprint density at radius 1 is 1.03 bits per heavy atom. The molecule has 0 unspecified atom stereocenters. The zero-order valence-electron chi connectivity index (χ0n) is 19.0. The predicted molar refractivity (Wildman–Crippen MR) is 126 cm³/mol. The van der Waals surface area contributed by atoms with Gasteiger partial charge in [0.2, 0.25) is 10.0 Å². The molecule has 8 heteroatoms. The number of nitrogens with one attached hydrogen (secondary N) is 1. The number of carbonyl (C=O) groups excluding carboxylic acids is 1. The molecule has 7 nitrogen and oxygen atoms in total. The Hall–Kier alpha value is -2.74. The highest BCUT2D eigenvalue weighted by Crippen LogP contribution is 2.26. The van der Waals surface area contributed by atoms with Crippen molar-refractivity contribution in [3.8, 4) is 5.75 Å². The molecule has 2 aromatic carbocycles. The molecule has 0 bridgehead atoms. The number of sulfonamides is 1. The highest BCUT2D eigenvalue weighted by molar-refractivity contribution is 7.92. The normalized spacial score (nSPS) is 11.1. The Morgan fingerprint density at radius 3 is 2.26 bits per heavy atom. The van der Waals surface area contributed by atoms with Crippen LogP contribution in [0.2, 0.25) is 0 Å². The number of ether oxygens (including phenoxy) is 1. The van der Waals surface area contributed by atoms with Crippen LogP contribution in [0, 0.1) is 0 Å². The average molecular weight is 448 g/mol. The van der Waals surface area contributed by atoms with Crippen LogP contribution >= 0.6 is 0 Å². The van der Waals surface area contributed by atoms with Gasteiger partial charge in [0.1, 0.15) is 5.75 Å². The highest BCUT2D eigenvalue weighted by atomic mass is 32.2. The van der Waals surface area contributed by atoms with Crippen LogP contribution in [0.5, 0.6) is 5.75 Å². The number of anilines is 2. The minimum Gasteiger partial charge on any atom is -0.497 e. The zero-order chi connectivity index (χ0) is 23.0. The van der Waals surface area contributed by atoms with Gasteiger partial charge >= 0.3 is 0 Å². The van der Waals surface area contributed by atoms with Crippen molar-refractivity contribution in [1.29, 1.82) is 0 Å². The Kier molecular flexibility index (Phi) is 8.74. The number of nitrogens with zero attached hydrogens (tertiary/aromatic N) is 2. The lowest BCUT2D eigenvalue weighted by Gasteiger charge is -2.26. The molecule has 0 fully saturated rings. The number of hydrogen-bond acceptors (Lipinski definition) is 5. The number of hydrogen-bond donors (Lipinski definition) is 1. The predicted octanol–water partition coefficient (Wildman–Crippen LogP) is 3.97. The SMILES string of the molecule is CCCN(Cc1cc(NS(=O)(=O)CCC)ccc1N(C)C)C(=O)c1ccc(OC)cc1. The number of carbonyl (C=O) groups is 1. The highest BCUT2D eigenvalue weighted by Gasteiger charge is 2.19. The summed E-state index contributed by atoms with van der Waals surface area (Å²) in [6, 6.07) is 12.5. The Balaban J connectivity index is 2.35. The Morgan fingerprint density at radius 2 is 1.71 bits per heavy atom. The summed E-state index contributed by atoms with van der Waals surface area (Å²) >= 11 is 0. The summed E-state index contributed by atoms with van der Waals surface area (Å²) in [6.07, 6.45) is 1.35. The summed E-state index contributed by atoms with van der Waals surface area (Å²) < 4.78 is 32.2. The van der Waals surface area contributed by atoms with E-state index in [1.807, 2.05) is 45.0 Å². The second kappa shape index (κ2) is 11.0. The third-order valence-corrected chi connectivity index (χ3v) is 6.28. The van der Waals surface area contributed by atoms with Crippen molar-refractivity contribution in [2.75, 3.05) is 43.1 Å². The van der Waals surface area contributed by atoms with E-state index in [0.29, 0.717) is 36.5 Å². The summed E-state index contributed by atoms with van der Waals surface area (Å²) in [5.74, 6) is 0.682. The van der Waals surface area contributed by atoms with Gasteiger partial charge in [-0.25, -0.2) is 8.42 Å². The van der Waals surface area contributed by atoms with E-state index >= 15 is 0 Å². The third-order valence-electron chi connectivity index (χ3n) is 4.79. The van der Waals surface area contributed by atoms with Gasteiger partial charge in [0.25, 0.3) is 5.91 Å². The maximum absolute atomic E-state index is 13.2. The molecule has 0 atom stereocenters. The number of rotatable bonds is 11. The molecule has 2 rings (SSSR count). The van der Waals surface area contributed by atoms with Gasteiger partial charge in [-0.2, -0.15) is 0 Å². The average Bonchev–Trinajstić information content (AvgIpc) is 2.72. The molecule has 0 aliphatic heterocycles. The quantitative estimate of drug-likeness (QED) is 0.564. The lowest BCUT2D eigenvalue weighted by Crippen LogP contribution is -2.32. The van der Waals surface area contributed by atoms with Gasteiger partial charge in [0, 0.05) is 44.1 Å². The van der Waals surface area contributed by atoms with Gasteiger partial charge in [0.15, 0.2) is 0 Å². The summed E-state index contributed by atoms with van der Waals surface area (Å²) in [5.41, 5.74) is 2.89. The minimum absolute atomic E-state index is 0.0652. The lowest BCUT2D eigenvalue weighted by molar-refractivity contribution is 0.0743. The van der Waals surface area contributed by atoms with E-state index in [0.717, 1.165) is 17.7 Å². The van der Waals surface area contributed by atoms with E-state index in [4.69, 9.17) is 4.74 Å². The molecule has 31 heavy (non-hydrogen) atoms. The van der Waals surface area contributed by atoms with Crippen LogP contribution in [-0.2, 0) is 16.6 Å². The van der Waals surface area contributed by atoms with E-state index in [1.54, 1.807) is 42.3 Å². The molecule has 0 saturated carbocycles. The van der Waals surface area contributed by atoms with Crippen molar-refractivity contribution in [2.24, 2.45) is 0 Å². The van der Waals surface area contributed by atoms with Gasteiger partial charge in [-0.15, -0.1) is 0 Å². The molecule has 170 valence electrons. The first-order valence-corrected chi connectivity index (χ1v) is 12.1. The maximum Gasteiger partial charge on any atom is 0.254 e. The largest absolute Gasteiger partial charge is 0.497 e. The van der Waals surface area contributed by atoms with Gasteiger partial charge < -0.3 is 14.5 Å².